The summed E-state index contributed by atoms with van der Waals surface area (Å²) in [6.07, 6.45) is 1.83. The number of halogens is 2. The Labute approximate surface area is 155 Å². The standard InChI is InChI=1S/C8H6O.2C3H9P.CO.2ClH.W/c9-7-6-8-4-2-1-3-5-8;2*1-4(2)3;1-2;;;/h1-5,9H;2*1-3H3;;2*1H;/q;;;;;;+2/p-2. The fourth-order valence-corrected chi connectivity index (χ4v) is 0.586. The number of hydrogen-bond donors (Lipinski definition) is 1. The van der Waals surface area contributed by atoms with Crippen molar-refractivity contribution < 1.29 is 26.2 Å². The molecule has 0 amide bonds. The maximum atomic E-state index is 8.16. The molecule has 0 fully saturated rings. The van der Waals surface area contributed by atoms with Gasteiger partial charge in [0.25, 0.3) is 0 Å². The SMILES string of the molecule is CP(C)C.CP(C)C.OC#Cc1ccccc1.[C-]#[O+].[Cl][W][Cl]. The van der Waals surface area contributed by atoms with Crippen LogP contribution in [0.2, 0.25) is 0 Å². The summed E-state index contributed by atoms with van der Waals surface area (Å²) in [5.41, 5.74) is 0.833. The zero-order valence-corrected chi connectivity index (χ0v) is 20.0. The van der Waals surface area contributed by atoms with E-state index in [9.17, 15) is 0 Å². The van der Waals surface area contributed by atoms with Crippen molar-refractivity contribution in [1.29, 1.82) is 0 Å². The van der Waals surface area contributed by atoms with E-state index in [1.807, 2.05) is 36.4 Å². The molecule has 0 bridgehead atoms. The number of aliphatic hydroxyl groups is 1. The van der Waals surface area contributed by atoms with E-state index in [0.29, 0.717) is 15.8 Å². The Balaban J connectivity index is -0.000000106. The molecule has 0 spiro atoms. The topological polar surface area (TPSA) is 40.1 Å². The molecule has 0 unspecified atom stereocenters. The summed E-state index contributed by atoms with van der Waals surface area (Å²) in [6.45, 7) is 17.9. The summed E-state index contributed by atoms with van der Waals surface area (Å²) in [4.78, 5) is 0. The van der Waals surface area contributed by atoms with E-state index in [0.717, 1.165) is 5.56 Å². The van der Waals surface area contributed by atoms with Crippen LogP contribution < -0.4 is 0 Å². The molecule has 7 heteroatoms. The second-order valence-electron chi connectivity index (χ2n) is 4.34. The molecule has 0 aliphatic heterocycles. The molecule has 0 aliphatic carbocycles. The molecular formula is C15H24Cl2O2P2W. The molecule has 22 heavy (non-hydrogen) atoms. The van der Waals surface area contributed by atoms with Crippen LogP contribution >= 0.6 is 34.7 Å². The van der Waals surface area contributed by atoms with Gasteiger partial charge in [-0.3, -0.25) is 0 Å². The summed E-state index contributed by atoms with van der Waals surface area (Å²) in [5.74, 6) is 2.51. The molecule has 0 heterocycles. The molecule has 0 aromatic heterocycles. The van der Waals surface area contributed by atoms with Gasteiger partial charge in [0.1, 0.15) is 6.11 Å². The van der Waals surface area contributed by atoms with Crippen LogP contribution in [0.15, 0.2) is 30.3 Å². The van der Waals surface area contributed by atoms with Crippen molar-refractivity contribution in [3.05, 3.63) is 42.5 Å². The third kappa shape index (κ3) is 59.0. The molecule has 0 atom stereocenters. The fourth-order valence-electron chi connectivity index (χ4n) is 0.586. The Morgan fingerprint density at radius 1 is 0.955 bits per heavy atom. The molecule has 1 N–H and O–H groups in total. The minimum atomic E-state index is -0.806. The van der Waals surface area contributed by atoms with Gasteiger partial charge in [-0.2, -0.15) is 0 Å². The van der Waals surface area contributed by atoms with Gasteiger partial charge >= 0.3 is 46.6 Å². The zero-order valence-electron chi connectivity index (χ0n) is 13.8. The van der Waals surface area contributed by atoms with Crippen molar-refractivity contribution in [1.82, 2.24) is 0 Å². The van der Waals surface area contributed by atoms with Crippen molar-refractivity contribution in [2.45, 2.75) is 0 Å². The van der Waals surface area contributed by atoms with E-state index in [-0.39, 0.29) is 0 Å². The quantitative estimate of drug-likeness (QED) is 0.198. The third-order valence-corrected chi connectivity index (χ3v) is 0.974. The molecule has 0 saturated heterocycles. The van der Waals surface area contributed by atoms with Crippen LogP contribution in [0.1, 0.15) is 5.56 Å². The summed E-state index contributed by atoms with van der Waals surface area (Å²) in [6, 6.07) is 9.33. The molecule has 1 aromatic carbocycles. The Hall–Kier alpha value is 0.448. The number of hydrogen-bond acceptors (Lipinski definition) is 1. The van der Waals surface area contributed by atoms with E-state index in [2.05, 4.69) is 52.6 Å². The van der Waals surface area contributed by atoms with Gasteiger partial charge in [0.15, 0.2) is 0 Å². The molecule has 1 rings (SSSR count). The molecule has 1 aromatic rings. The van der Waals surface area contributed by atoms with Crippen LogP contribution in [0.4, 0.5) is 0 Å². The van der Waals surface area contributed by atoms with Gasteiger partial charge in [-0.1, -0.05) is 18.2 Å². The van der Waals surface area contributed by atoms with Crippen LogP contribution in [0.25, 0.3) is 0 Å². The van der Waals surface area contributed by atoms with Crippen molar-refractivity contribution in [3.8, 4) is 12.0 Å². The average molecular weight is 553 g/mol. The predicted octanol–water partition coefficient (Wildman–Crippen LogP) is 5.42. The first-order valence-electron chi connectivity index (χ1n) is 5.83. The predicted molar refractivity (Wildman–Crippen MR) is 100 cm³/mol. The van der Waals surface area contributed by atoms with E-state index < -0.39 is 16.5 Å². The second kappa shape index (κ2) is 29.5. The summed E-state index contributed by atoms with van der Waals surface area (Å²) >= 11 is -0.806. The monoisotopic (exact) mass is 552 g/mol. The summed E-state index contributed by atoms with van der Waals surface area (Å²) < 4.78 is 7.50. The molecule has 2 nitrogen and oxygen atoms in total. The number of benzene rings is 1. The summed E-state index contributed by atoms with van der Waals surface area (Å²) in [5, 5.41) is 8.16. The molecule has 0 aliphatic rings. The van der Waals surface area contributed by atoms with Crippen LogP contribution in [0.3, 0.4) is 0 Å². The Morgan fingerprint density at radius 2 is 1.23 bits per heavy atom. The fraction of sp³-hybridized carbons (Fsp3) is 0.400. The van der Waals surface area contributed by atoms with E-state index in [1.54, 1.807) is 0 Å². The average Bonchev–Trinajstić information content (AvgIpc) is 2.42. The van der Waals surface area contributed by atoms with Gasteiger partial charge in [0.05, 0.1) is 0 Å². The third-order valence-electron chi connectivity index (χ3n) is 0.974. The first kappa shape index (κ1) is 30.3. The van der Waals surface area contributed by atoms with Gasteiger partial charge < -0.3 is 5.11 Å². The van der Waals surface area contributed by atoms with Gasteiger partial charge in [-0.25, -0.2) is 0 Å². The second-order valence-corrected chi connectivity index (χ2v) is 13.9. The Morgan fingerprint density at radius 3 is 1.45 bits per heavy atom. The van der Waals surface area contributed by atoms with Crippen molar-refractivity contribution >= 4 is 34.7 Å². The van der Waals surface area contributed by atoms with Gasteiger partial charge in [-0.15, -0.1) is 15.8 Å². The summed E-state index contributed by atoms with van der Waals surface area (Å²) in [7, 11) is 10.6. The number of rotatable bonds is 0. The van der Waals surface area contributed by atoms with Crippen LogP contribution in [-0.4, -0.2) is 45.1 Å². The van der Waals surface area contributed by atoms with Gasteiger partial charge in [0.2, 0.25) is 0 Å². The van der Waals surface area contributed by atoms with Gasteiger partial charge in [0, 0.05) is 5.56 Å². The Kier molecular flexibility index (Phi) is 40.6. The number of aliphatic hydroxyl groups excluding tert-OH is 1. The van der Waals surface area contributed by atoms with Crippen LogP contribution in [-0.2, 0) is 21.1 Å². The molecular weight excluding hydrogens is 529 g/mol. The minimum absolute atomic E-state index is 0.380. The van der Waals surface area contributed by atoms with Crippen molar-refractivity contribution in [2.75, 3.05) is 40.0 Å². The maximum absolute atomic E-state index is 8.16. The Bertz CT molecular complexity index is 366. The van der Waals surface area contributed by atoms with E-state index in [4.69, 9.17) is 28.6 Å². The van der Waals surface area contributed by atoms with E-state index >= 15 is 0 Å². The molecule has 0 saturated carbocycles. The van der Waals surface area contributed by atoms with Crippen molar-refractivity contribution in [2.24, 2.45) is 0 Å². The first-order valence-corrected chi connectivity index (χ1v) is 18.5. The van der Waals surface area contributed by atoms with Crippen LogP contribution in [0.5, 0.6) is 0 Å². The zero-order chi connectivity index (χ0) is 18.4. The molecule has 0 radical (unpaired) electrons. The molecule has 126 valence electrons. The van der Waals surface area contributed by atoms with Crippen molar-refractivity contribution in [3.63, 3.8) is 0 Å². The van der Waals surface area contributed by atoms with Crippen LogP contribution in [0, 0.1) is 18.7 Å². The normalized spacial score (nSPS) is 7.27. The van der Waals surface area contributed by atoms with E-state index in [1.165, 1.54) is 0 Å². The van der Waals surface area contributed by atoms with Gasteiger partial charge in [-0.05, 0) is 58.0 Å². The first-order chi connectivity index (χ1) is 10.3.